The summed E-state index contributed by atoms with van der Waals surface area (Å²) in [5.41, 5.74) is 4.64. The molecular formula is C21H24N4O3S. The molecular weight excluding hydrogens is 388 g/mol. The molecule has 0 saturated heterocycles. The number of nitrogens with zero attached hydrogens (tertiary/aromatic N) is 2. The molecule has 152 valence electrons. The highest BCUT2D eigenvalue weighted by molar-refractivity contribution is 7.92. The van der Waals surface area contributed by atoms with Gasteiger partial charge in [-0.3, -0.25) is 14.2 Å². The third-order valence-electron chi connectivity index (χ3n) is 4.35. The SMILES string of the molecule is Cc1cc(C)n(Cc2cccc(CNC(=O)c3ccccc3NS(C)(=O)=O)c2)n1. The summed E-state index contributed by atoms with van der Waals surface area (Å²) in [4.78, 5) is 12.6. The number of para-hydroxylation sites is 1. The Kier molecular flexibility index (Phi) is 6.03. The van der Waals surface area contributed by atoms with E-state index in [1.165, 1.54) is 0 Å². The van der Waals surface area contributed by atoms with Crippen LogP contribution in [0.4, 0.5) is 5.69 Å². The third-order valence-corrected chi connectivity index (χ3v) is 4.94. The summed E-state index contributed by atoms with van der Waals surface area (Å²) in [6.07, 6.45) is 1.05. The second-order valence-corrected chi connectivity index (χ2v) is 8.76. The predicted molar refractivity (Wildman–Crippen MR) is 113 cm³/mol. The van der Waals surface area contributed by atoms with Gasteiger partial charge in [0, 0.05) is 12.2 Å². The summed E-state index contributed by atoms with van der Waals surface area (Å²) >= 11 is 0. The zero-order valence-electron chi connectivity index (χ0n) is 16.6. The van der Waals surface area contributed by atoms with Crippen LogP contribution in [0.15, 0.2) is 54.6 Å². The van der Waals surface area contributed by atoms with Crippen LogP contribution in [0.25, 0.3) is 0 Å². The van der Waals surface area contributed by atoms with Crippen molar-refractivity contribution in [2.24, 2.45) is 0 Å². The Balaban J connectivity index is 1.69. The van der Waals surface area contributed by atoms with Crippen LogP contribution in [-0.4, -0.2) is 30.4 Å². The first-order valence-corrected chi connectivity index (χ1v) is 11.0. The number of hydrogen-bond acceptors (Lipinski definition) is 4. The van der Waals surface area contributed by atoms with Gasteiger partial charge in [0.05, 0.1) is 29.7 Å². The summed E-state index contributed by atoms with van der Waals surface area (Å²) in [7, 11) is -3.48. The molecule has 1 amide bonds. The van der Waals surface area contributed by atoms with Crippen molar-refractivity contribution < 1.29 is 13.2 Å². The Morgan fingerprint density at radius 3 is 2.45 bits per heavy atom. The van der Waals surface area contributed by atoms with Gasteiger partial charge < -0.3 is 5.32 Å². The van der Waals surface area contributed by atoms with E-state index in [-0.39, 0.29) is 17.2 Å². The number of hydrogen-bond donors (Lipinski definition) is 2. The van der Waals surface area contributed by atoms with Crippen molar-refractivity contribution in [2.45, 2.75) is 26.9 Å². The molecule has 3 rings (SSSR count). The number of carbonyl (C=O) groups excluding carboxylic acids is 1. The van der Waals surface area contributed by atoms with Gasteiger partial charge in [-0.15, -0.1) is 0 Å². The largest absolute Gasteiger partial charge is 0.348 e. The molecule has 2 N–H and O–H groups in total. The average molecular weight is 413 g/mol. The molecule has 0 spiro atoms. The van der Waals surface area contributed by atoms with Crippen LogP contribution in [0, 0.1) is 13.8 Å². The van der Waals surface area contributed by atoms with Crippen molar-refractivity contribution in [2.75, 3.05) is 11.0 Å². The fourth-order valence-corrected chi connectivity index (χ4v) is 3.67. The maximum absolute atomic E-state index is 12.6. The highest BCUT2D eigenvalue weighted by Gasteiger charge is 2.13. The Morgan fingerprint density at radius 1 is 1.03 bits per heavy atom. The third kappa shape index (κ3) is 5.68. The van der Waals surface area contributed by atoms with Gasteiger partial charge in [0.2, 0.25) is 10.0 Å². The van der Waals surface area contributed by atoms with E-state index in [0.717, 1.165) is 28.8 Å². The molecule has 1 aromatic heterocycles. The number of aryl methyl sites for hydroxylation is 2. The lowest BCUT2D eigenvalue weighted by Crippen LogP contribution is -2.24. The van der Waals surface area contributed by atoms with Gasteiger partial charge in [-0.05, 0) is 43.2 Å². The van der Waals surface area contributed by atoms with E-state index in [4.69, 9.17) is 0 Å². The molecule has 3 aromatic rings. The van der Waals surface area contributed by atoms with Crippen molar-refractivity contribution in [3.05, 3.63) is 82.7 Å². The molecule has 0 aliphatic carbocycles. The van der Waals surface area contributed by atoms with Gasteiger partial charge in [0.1, 0.15) is 0 Å². The van der Waals surface area contributed by atoms with E-state index < -0.39 is 10.0 Å². The van der Waals surface area contributed by atoms with Crippen LogP contribution in [0.5, 0.6) is 0 Å². The van der Waals surface area contributed by atoms with Crippen molar-refractivity contribution in [1.82, 2.24) is 15.1 Å². The number of anilines is 1. The molecule has 0 radical (unpaired) electrons. The van der Waals surface area contributed by atoms with Gasteiger partial charge in [-0.2, -0.15) is 5.10 Å². The lowest BCUT2D eigenvalue weighted by atomic mass is 10.1. The van der Waals surface area contributed by atoms with Crippen LogP contribution < -0.4 is 10.0 Å². The molecule has 2 aromatic carbocycles. The molecule has 29 heavy (non-hydrogen) atoms. The van der Waals surface area contributed by atoms with Gasteiger partial charge in [0.25, 0.3) is 5.91 Å². The summed E-state index contributed by atoms with van der Waals surface area (Å²) in [6.45, 7) is 4.97. The van der Waals surface area contributed by atoms with Gasteiger partial charge in [-0.1, -0.05) is 36.4 Å². The molecule has 0 bridgehead atoms. The standard InChI is InChI=1S/C21H24N4O3S/c1-15-11-16(2)25(23-15)14-18-8-6-7-17(12-18)13-22-21(26)19-9-4-5-10-20(19)24-29(3,27)28/h4-12,24H,13-14H2,1-3H3,(H,22,26). The monoisotopic (exact) mass is 412 g/mol. The zero-order chi connectivity index (χ0) is 21.0. The molecule has 1 heterocycles. The minimum absolute atomic E-state index is 0.255. The fraction of sp³-hybridized carbons (Fsp3) is 0.238. The van der Waals surface area contributed by atoms with E-state index in [1.54, 1.807) is 24.3 Å². The van der Waals surface area contributed by atoms with Crippen LogP contribution in [0.1, 0.15) is 32.9 Å². The molecule has 0 unspecified atom stereocenters. The van der Waals surface area contributed by atoms with E-state index in [2.05, 4.69) is 15.1 Å². The molecule has 0 atom stereocenters. The van der Waals surface area contributed by atoms with Crippen molar-refractivity contribution in [1.29, 1.82) is 0 Å². The number of nitrogens with one attached hydrogen (secondary N) is 2. The summed E-state index contributed by atoms with van der Waals surface area (Å²) in [5, 5.41) is 7.33. The minimum atomic E-state index is -3.48. The van der Waals surface area contributed by atoms with Crippen LogP contribution in [0.2, 0.25) is 0 Å². The number of sulfonamides is 1. The smallest absolute Gasteiger partial charge is 0.253 e. The maximum atomic E-state index is 12.6. The van der Waals surface area contributed by atoms with Crippen molar-refractivity contribution in [3.63, 3.8) is 0 Å². The van der Waals surface area contributed by atoms with E-state index in [1.807, 2.05) is 48.9 Å². The first-order valence-electron chi connectivity index (χ1n) is 9.15. The highest BCUT2D eigenvalue weighted by atomic mass is 32.2. The van der Waals surface area contributed by atoms with E-state index in [0.29, 0.717) is 13.1 Å². The van der Waals surface area contributed by atoms with Gasteiger partial charge >= 0.3 is 0 Å². The number of carbonyl (C=O) groups is 1. The zero-order valence-corrected chi connectivity index (χ0v) is 17.5. The summed E-state index contributed by atoms with van der Waals surface area (Å²) in [5.74, 6) is -0.347. The second kappa shape index (κ2) is 8.48. The Hall–Kier alpha value is -3.13. The predicted octanol–water partition coefficient (Wildman–Crippen LogP) is 2.85. The second-order valence-electron chi connectivity index (χ2n) is 7.01. The normalized spacial score (nSPS) is 11.3. The van der Waals surface area contributed by atoms with Gasteiger partial charge in [0.15, 0.2) is 0 Å². The first kappa shape index (κ1) is 20.6. The summed E-state index contributed by atoms with van der Waals surface area (Å²) < 4.78 is 27.4. The molecule has 0 saturated carbocycles. The number of rotatable bonds is 7. The highest BCUT2D eigenvalue weighted by Crippen LogP contribution is 2.16. The van der Waals surface area contributed by atoms with Crippen LogP contribution in [-0.2, 0) is 23.1 Å². The lowest BCUT2D eigenvalue weighted by Gasteiger charge is -2.12. The van der Waals surface area contributed by atoms with E-state index >= 15 is 0 Å². The molecule has 8 heteroatoms. The quantitative estimate of drug-likeness (QED) is 0.624. The lowest BCUT2D eigenvalue weighted by molar-refractivity contribution is 0.0952. The number of benzene rings is 2. The summed E-state index contributed by atoms with van der Waals surface area (Å²) in [6, 6.07) is 16.5. The maximum Gasteiger partial charge on any atom is 0.253 e. The van der Waals surface area contributed by atoms with E-state index in [9.17, 15) is 13.2 Å². The van der Waals surface area contributed by atoms with Crippen LogP contribution in [0.3, 0.4) is 0 Å². The number of aromatic nitrogens is 2. The van der Waals surface area contributed by atoms with Crippen LogP contribution >= 0.6 is 0 Å². The first-order chi connectivity index (χ1) is 13.7. The van der Waals surface area contributed by atoms with Crippen molar-refractivity contribution >= 4 is 21.6 Å². The Labute approximate surface area is 170 Å². The average Bonchev–Trinajstić information content (AvgIpc) is 2.96. The number of amides is 1. The fourth-order valence-electron chi connectivity index (χ4n) is 3.09. The Morgan fingerprint density at radius 2 is 1.76 bits per heavy atom. The molecule has 0 aliphatic heterocycles. The molecule has 0 fully saturated rings. The molecule has 7 nitrogen and oxygen atoms in total. The topological polar surface area (TPSA) is 93.1 Å². The molecule has 0 aliphatic rings. The minimum Gasteiger partial charge on any atom is -0.348 e. The van der Waals surface area contributed by atoms with Crippen molar-refractivity contribution in [3.8, 4) is 0 Å². The Bertz CT molecular complexity index is 1140. The van der Waals surface area contributed by atoms with Gasteiger partial charge in [-0.25, -0.2) is 8.42 Å².